The van der Waals surface area contributed by atoms with Crippen molar-refractivity contribution in [2.45, 2.75) is 89.2 Å². The van der Waals surface area contributed by atoms with Crippen molar-refractivity contribution in [1.29, 1.82) is 0 Å². The molecule has 0 bridgehead atoms. The lowest BCUT2D eigenvalue weighted by Crippen LogP contribution is -2.62. The van der Waals surface area contributed by atoms with E-state index in [0.29, 0.717) is 26.4 Å². The second kappa shape index (κ2) is 14.7. The molecule has 5 atom stereocenters. The van der Waals surface area contributed by atoms with Gasteiger partial charge in [0.1, 0.15) is 30.5 Å². The molecule has 0 aliphatic carbocycles. The van der Waals surface area contributed by atoms with Gasteiger partial charge in [-0.15, -0.1) is 0 Å². The van der Waals surface area contributed by atoms with Crippen LogP contribution in [0.15, 0.2) is 91.0 Å². The van der Waals surface area contributed by atoms with Crippen LogP contribution in [0, 0.1) is 0 Å². The van der Waals surface area contributed by atoms with E-state index in [-0.39, 0.29) is 11.6 Å². The van der Waals surface area contributed by atoms with Crippen LogP contribution < -0.4 is 0 Å². The molecule has 41 heavy (non-hydrogen) atoms. The van der Waals surface area contributed by atoms with Crippen LogP contribution in [-0.2, 0) is 43.2 Å². The SMILES string of the molecule is CC(C)(C)[Si](C)(C)OC[C@H]1O[C@@H](CO)C(OCc2ccccc2)C(OCc2ccccc2)C1OCc1ccccc1. The summed E-state index contributed by atoms with van der Waals surface area (Å²) < 4.78 is 32.9. The summed E-state index contributed by atoms with van der Waals surface area (Å²) in [6.45, 7) is 12.4. The Morgan fingerprint density at radius 1 is 0.634 bits per heavy atom. The molecule has 0 radical (unpaired) electrons. The predicted molar refractivity (Wildman–Crippen MR) is 164 cm³/mol. The Bertz CT molecular complexity index is 1150. The van der Waals surface area contributed by atoms with E-state index in [1.165, 1.54) is 0 Å². The summed E-state index contributed by atoms with van der Waals surface area (Å²) in [5.74, 6) is 0. The number of benzene rings is 3. The molecule has 1 fully saturated rings. The van der Waals surface area contributed by atoms with E-state index in [4.69, 9.17) is 23.4 Å². The summed E-state index contributed by atoms with van der Waals surface area (Å²) in [7, 11) is -2.08. The minimum atomic E-state index is -2.08. The van der Waals surface area contributed by atoms with Crippen LogP contribution in [-0.4, -0.2) is 57.2 Å². The second-order valence-corrected chi connectivity index (χ2v) is 17.1. The van der Waals surface area contributed by atoms with Crippen LogP contribution in [0.25, 0.3) is 0 Å². The lowest BCUT2D eigenvalue weighted by molar-refractivity contribution is -0.274. The quantitative estimate of drug-likeness (QED) is 0.233. The molecule has 1 N–H and O–H groups in total. The van der Waals surface area contributed by atoms with Crippen LogP contribution >= 0.6 is 0 Å². The van der Waals surface area contributed by atoms with Crippen molar-refractivity contribution in [3.05, 3.63) is 108 Å². The molecule has 0 spiro atoms. The number of aliphatic hydroxyl groups is 1. The largest absolute Gasteiger partial charge is 0.414 e. The number of hydrogen-bond acceptors (Lipinski definition) is 6. The van der Waals surface area contributed by atoms with Crippen molar-refractivity contribution in [3.63, 3.8) is 0 Å². The molecule has 222 valence electrons. The van der Waals surface area contributed by atoms with E-state index in [1.807, 2.05) is 91.0 Å². The van der Waals surface area contributed by atoms with Gasteiger partial charge in [0.05, 0.1) is 33.0 Å². The van der Waals surface area contributed by atoms with Crippen LogP contribution in [0.2, 0.25) is 18.1 Å². The van der Waals surface area contributed by atoms with Crippen molar-refractivity contribution in [3.8, 4) is 0 Å². The van der Waals surface area contributed by atoms with Gasteiger partial charge in [-0.25, -0.2) is 0 Å². The lowest BCUT2D eigenvalue weighted by Gasteiger charge is -2.47. The standard InChI is InChI=1S/C34H46O6Si/c1-34(2,3)41(4,5)39-25-30-32(37-23-27-17-11-7-12-18-27)33(38-24-28-19-13-8-14-20-28)31(29(21-35)40-30)36-22-26-15-9-6-10-16-26/h6-20,29-33,35H,21-25H2,1-5H3/t29-,30+,31?,32?,33?/m0/s1. The molecule has 4 rings (SSSR count). The molecular weight excluding hydrogens is 532 g/mol. The maximum atomic E-state index is 10.5. The molecular formula is C34H46O6Si. The van der Waals surface area contributed by atoms with Gasteiger partial charge in [-0.2, -0.15) is 0 Å². The van der Waals surface area contributed by atoms with Gasteiger partial charge < -0.3 is 28.5 Å². The number of hydrogen-bond donors (Lipinski definition) is 1. The van der Waals surface area contributed by atoms with Crippen LogP contribution in [0.5, 0.6) is 0 Å². The van der Waals surface area contributed by atoms with Crippen LogP contribution in [0.3, 0.4) is 0 Å². The minimum absolute atomic E-state index is 0.0446. The van der Waals surface area contributed by atoms with Crippen molar-refractivity contribution in [2.24, 2.45) is 0 Å². The maximum Gasteiger partial charge on any atom is 0.192 e. The number of ether oxygens (including phenoxy) is 4. The van der Waals surface area contributed by atoms with E-state index >= 15 is 0 Å². The summed E-state index contributed by atoms with van der Waals surface area (Å²) in [4.78, 5) is 0. The smallest absolute Gasteiger partial charge is 0.192 e. The fourth-order valence-corrected chi connectivity index (χ4v) is 5.69. The molecule has 1 aliphatic rings. The first-order valence-electron chi connectivity index (χ1n) is 14.5. The van der Waals surface area contributed by atoms with Gasteiger partial charge in [0.15, 0.2) is 8.32 Å². The first-order chi connectivity index (χ1) is 19.7. The zero-order chi connectivity index (χ0) is 29.3. The average Bonchev–Trinajstić information content (AvgIpc) is 2.98. The summed E-state index contributed by atoms with van der Waals surface area (Å²) in [5.41, 5.74) is 3.15. The third-order valence-corrected chi connectivity index (χ3v) is 12.7. The highest BCUT2D eigenvalue weighted by molar-refractivity contribution is 6.74. The molecule has 3 aromatic carbocycles. The first kappa shape index (κ1) is 31.6. The van der Waals surface area contributed by atoms with Crippen LogP contribution in [0.4, 0.5) is 0 Å². The van der Waals surface area contributed by atoms with Gasteiger partial charge in [0, 0.05) is 0 Å². The van der Waals surface area contributed by atoms with Gasteiger partial charge in [0.25, 0.3) is 0 Å². The van der Waals surface area contributed by atoms with Gasteiger partial charge in [-0.3, -0.25) is 0 Å². The van der Waals surface area contributed by atoms with Gasteiger partial charge in [-0.05, 0) is 34.8 Å². The van der Waals surface area contributed by atoms with Gasteiger partial charge in [0.2, 0.25) is 0 Å². The fraction of sp³-hybridized carbons (Fsp3) is 0.471. The molecule has 6 nitrogen and oxygen atoms in total. The highest BCUT2D eigenvalue weighted by Gasteiger charge is 2.49. The Hall–Kier alpha value is -2.36. The second-order valence-electron chi connectivity index (χ2n) is 12.3. The maximum absolute atomic E-state index is 10.5. The average molecular weight is 579 g/mol. The molecule has 3 aromatic rings. The fourth-order valence-electron chi connectivity index (χ4n) is 4.67. The van der Waals surface area contributed by atoms with Gasteiger partial charge >= 0.3 is 0 Å². The van der Waals surface area contributed by atoms with Crippen LogP contribution in [0.1, 0.15) is 37.5 Å². The first-order valence-corrected chi connectivity index (χ1v) is 17.5. The molecule has 1 saturated heterocycles. The number of aliphatic hydroxyl groups excluding tert-OH is 1. The Morgan fingerprint density at radius 3 is 1.41 bits per heavy atom. The molecule has 1 aliphatic heterocycles. The van der Waals surface area contributed by atoms with E-state index in [2.05, 4.69) is 33.9 Å². The van der Waals surface area contributed by atoms with E-state index in [1.54, 1.807) is 0 Å². The lowest BCUT2D eigenvalue weighted by atomic mass is 9.94. The normalized spacial score (nSPS) is 23.4. The van der Waals surface area contributed by atoms with Crippen molar-refractivity contribution in [1.82, 2.24) is 0 Å². The summed E-state index contributed by atoms with van der Waals surface area (Å²) in [6, 6.07) is 30.2. The Balaban J connectivity index is 1.63. The summed E-state index contributed by atoms with van der Waals surface area (Å²) in [5, 5.41) is 10.5. The zero-order valence-electron chi connectivity index (χ0n) is 25.1. The predicted octanol–water partition coefficient (Wildman–Crippen LogP) is 6.52. The highest BCUT2D eigenvalue weighted by Crippen LogP contribution is 2.38. The Morgan fingerprint density at radius 2 is 1.02 bits per heavy atom. The minimum Gasteiger partial charge on any atom is -0.414 e. The van der Waals surface area contributed by atoms with E-state index in [9.17, 15) is 5.11 Å². The third-order valence-electron chi connectivity index (χ3n) is 8.18. The van der Waals surface area contributed by atoms with Crippen molar-refractivity contribution in [2.75, 3.05) is 13.2 Å². The summed E-state index contributed by atoms with van der Waals surface area (Å²) >= 11 is 0. The molecule has 0 saturated carbocycles. The van der Waals surface area contributed by atoms with E-state index < -0.39 is 38.8 Å². The van der Waals surface area contributed by atoms with Gasteiger partial charge in [-0.1, -0.05) is 112 Å². The van der Waals surface area contributed by atoms with Crippen molar-refractivity contribution >= 4 is 8.32 Å². The van der Waals surface area contributed by atoms with E-state index in [0.717, 1.165) is 16.7 Å². The highest BCUT2D eigenvalue weighted by atomic mass is 28.4. The molecule has 0 amide bonds. The Kier molecular flexibility index (Phi) is 11.3. The molecule has 3 unspecified atom stereocenters. The molecule has 0 aromatic heterocycles. The molecule has 1 heterocycles. The topological polar surface area (TPSA) is 66.4 Å². The third kappa shape index (κ3) is 8.81. The Labute approximate surface area is 246 Å². The zero-order valence-corrected chi connectivity index (χ0v) is 26.1. The monoisotopic (exact) mass is 578 g/mol. The number of rotatable bonds is 13. The molecule has 7 heteroatoms. The summed E-state index contributed by atoms with van der Waals surface area (Å²) in [6.07, 6.45) is -2.56. The van der Waals surface area contributed by atoms with Crippen molar-refractivity contribution < 1.29 is 28.5 Å².